The van der Waals surface area contributed by atoms with Crippen LogP contribution in [0.3, 0.4) is 0 Å². The normalized spacial score (nSPS) is 16.1. The first-order chi connectivity index (χ1) is 12.5. The van der Waals surface area contributed by atoms with Gasteiger partial charge in [-0.2, -0.15) is 4.31 Å². The number of rotatable bonds is 6. The van der Waals surface area contributed by atoms with Crippen LogP contribution in [0.15, 0.2) is 52.5 Å². The molecule has 1 heterocycles. The number of aryl methyl sites for hydroxylation is 1. The molecule has 0 atom stereocenters. The van der Waals surface area contributed by atoms with E-state index in [1.54, 1.807) is 29.2 Å². The van der Waals surface area contributed by atoms with Gasteiger partial charge in [-0.3, -0.25) is 0 Å². The first-order valence-electron chi connectivity index (χ1n) is 9.10. The Bertz CT molecular complexity index is 829. The summed E-state index contributed by atoms with van der Waals surface area (Å²) >= 11 is 1.62. The van der Waals surface area contributed by atoms with Gasteiger partial charge in [0.1, 0.15) is 4.90 Å². The molecule has 6 heteroatoms. The number of hydrogen-bond donors (Lipinski definition) is 0. The maximum Gasteiger partial charge on any atom is 0.244 e. The van der Waals surface area contributed by atoms with Crippen LogP contribution >= 0.6 is 11.8 Å². The predicted octanol–water partition coefficient (Wildman–Crippen LogP) is 4.64. The molecule has 0 spiro atoms. The topological polar surface area (TPSA) is 50.3 Å². The first kappa shape index (κ1) is 19.4. The van der Waals surface area contributed by atoms with Crippen molar-refractivity contribution < 1.29 is 8.42 Å². The monoisotopic (exact) mass is 390 g/mol. The maximum atomic E-state index is 12.8. The fourth-order valence-electron chi connectivity index (χ4n) is 3.34. The van der Waals surface area contributed by atoms with E-state index in [-0.39, 0.29) is 10.9 Å². The molecule has 3 rings (SSSR count). The maximum absolute atomic E-state index is 12.8. The Hall–Kier alpha value is -1.37. The van der Waals surface area contributed by atoms with E-state index >= 15 is 0 Å². The average Bonchev–Trinajstić information content (AvgIpc) is 2.68. The largest absolute Gasteiger partial charge is 0.249 e. The number of hydrogen-bond acceptors (Lipinski definition) is 4. The molecule has 1 aliphatic carbocycles. The Labute approximate surface area is 161 Å². The van der Waals surface area contributed by atoms with Crippen LogP contribution in [0.5, 0.6) is 0 Å². The van der Waals surface area contributed by atoms with Crippen molar-refractivity contribution in [2.45, 2.75) is 60.7 Å². The average molecular weight is 391 g/mol. The molecule has 0 amide bonds. The van der Waals surface area contributed by atoms with Crippen molar-refractivity contribution in [3.05, 3.63) is 53.7 Å². The molecule has 140 valence electrons. The molecular weight excluding hydrogens is 364 g/mol. The van der Waals surface area contributed by atoms with Gasteiger partial charge in [0.05, 0.1) is 5.03 Å². The third-order valence-electron chi connectivity index (χ3n) is 5.11. The molecule has 0 saturated heterocycles. The molecule has 0 N–H and O–H groups in total. The van der Waals surface area contributed by atoms with Gasteiger partial charge in [-0.1, -0.05) is 43.5 Å². The summed E-state index contributed by atoms with van der Waals surface area (Å²) < 4.78 is 27.2. The SMILES string of the molecule is Cc1ccccc1CSc1ccc(S(=O)(=O)N(C)C2CCCCC2)cn1. The number of sulfonamides is 1. The van der Waals surface area contributed by atoms with E-state index in [0.717, 1.165) is 36.5 Å². The van der Waals surface area contributed by atoms with Gasteiger partial charge in [0.2, 0.25) is 10.0 Å². The van der Waals surface area contributed by atoms with Crippen LogP contribution in [0, 0.1) is 6.92 Å². The fourth-order valence-corrected chi connectivity index (χ4v) is 5.62. The lowest BCUT2D eigenvalue weighted by molar-refractivity contribution is 0.285. The molecule has 26 heavy (non-hydrogen) atoms. The van der Waals surface area contributed by atoms with Crippen LogP contribution < -0.4 is 0 Å². The highest BCUT2D eigenvalue weighted by Gasteiger charge is 2.29. The summed E-state index contributed by atoms with van der Waals surface area (Å²) in [6.07, 6.45) is 6.82. The van der Waals surface area contributed by atoms with E-state index in [9.17, 15) is 8.42 Å². The third kappa shape index (κ3) is 4.48. The second kappa shape index (κ2) is 8.55. The summed E-state index contributed by atoms with van der Waals surface area (Å²) in [4.78, 5) is 4.66. The summed E-state index contributed by atoms with van der Waals surface area (Å²) in [6, 6.07) is 11.9. The van der Waals surface area contributed by atoms with E-state index in [4.69, 9.17) is 0 Å². The molecule has 1 saturated carbocycles. The molecule has 1 aromatic heterocycles. The summed E-state index contributed by atoms with van der Waals surface area (Å²) in [7, 11) is -1.77. The number of nitrogens with zero attached hydrogens (tertiary/aromatic N) is 2. The minimum absolute atomic E-state index is 0.115. The van der Waals surface area contributed by atoms with Gasteiger partial charge >= 0.3 is 0 Å². The predicted molar refractivity (Wildman–Crippen MR) is 107 cm³/mol. The summed E-state index contributed by atoms with van der Waals surface area (Å²) in [5.41, 5.74) is 2.53. The van der Waals surface area contributed by atoms with Crippen molar-refractivity contribution in [1.82, 2.24) is 9.29 Å². The van der Waals surface area contributed by atoms with Crippen LogP contribution in [0.2, 0.25) is 0 Å². The van der Waals surface area contributed by atoms with Crippen molar-refractivity contribution in [1.29, 1.82) is 0 Å². The molecule has 4 nitrogen and oxygen atoms in total. The molecule has 2 aromatic rings. The van der Waals surface area contributed by atoms with Gasteiger partial charge in [-0.25, -0.2) is 13.4 Å². The lowest BCUT2D eigenvalue weighted by Gasteiger charge is -2.30. The van der Waals surface area contributed by atoms with E-state index in [2.05, 4.69) is 24.0 Å². The molecule has 1 aromatic carbocycles. The van der Waals surface area contributed by atoms with Crippen LogP contribution in [-0.2, 0) is 15.8 Å². The Balaban J connectivity index is 1.67. The van der Waals surface area contributed by atoms with Crippen LogP contribution in [-0.4, -0.2) is 30.8 Å². The van der Waals surface area contributed by atoms with Crippen molar-refractivity contribution >= 4 is 21.8 Å². The van der Waals surface area contributed by atoms with Crippen molar-refractivity contribution in [3.8, 4) is 0 Å². The fraction of sp³-hybridized carbons (Fsp3) is 0.450. The summed E-state index contributed by atoms with van der Waals surface area (Å²) in [5.74, 6) is 0.827. The number of aromatic nitrogens is 1. The van der Waals surface area contributed by atoms with Gasteiger partial charge in [0, 0.05) is 25.0 Å². The van der Waals surface area contributed by atoms with Gasteiger partial charge in [0.15, 0.2) is 0 Å². The lowest BCUT2D eigenvalue weighted by Crippen LogP contribution is -2.38. The second-order valence-electron chi connectivity index (χ2n) is 6.86. The van der Waals surface area contributed by atoms with Gasteiger partial charge in [0.25, 0.3) is 0 Å². The zero-order valence-corrected chi connectivity index (χ0v) is 17.0. The highest BCUT2D eigenvalue weighted by atomic mass is 32.2. The highest BCUT2D eigenvalue weighted by Crippen LogP contribution is 2.28. The molecule has 0 radical (unpaired) electrons. The molecular formula is C20H26N2O2S2. The van der Waals surface area contributed by atoms with E-state index in [1.807, 2.05) is 18.2 Å². The second-order valence-corrected chi connectivity index (χ2v) is 9.85. The van der Waals surface area contributed by atoms with Crippen molar-refractivity contribution in [2.24, 2.45) is 0 Å². The molecule has 1 aliphatic rings. The van der Waals surface area contributed by atoms with Gasteiger partial charge in [-0.05, 0) is 43.0 Å². The van der Waals surface area contributed by atoms with Gasteiger partial charge in [-0.15, -0.1) is 11.8 Å². The lowest BCUT2D eigenvalue weighted by atomic mass is 9.96. The van der Waals surface area contributed by atoms with Crippen LogP contribution in [0.4, 0.5) is 0 Å². The smallest absolute Gasteiger partial charge is 0.244 e. The van der Waals surface area contributed by atoms with Crippen LogP contribution in [0.1, 0.15) is 43.2 Å². The quantitative estimate of drug-likeness (QED) is 0.675. The highest BCUT2D eigenvalue weighted by molar-refractivity contribution is 7.98. The Morgan fingerprint density at radius 3 is 2.50 bits per heavy atom. The minimum Gasteiger partial charge on any atom is -0.249 e. The zero-order valence-electron chi connectivity index (χ0n) is 15.4. The Kier molecular flexibility index (Phi) is 6.37. The summed E-state index contributed by atoms with van der Waals surface area (Å²) in [6.45, 7) is 2.10. The number of pyridine rings is 1. The standard InChI is InChI=1S/C20H26N2O2S2/c1-16-8-6-7-9-17(16)15-25-20-13-12-19(14-21-20)26(23,24)22(2)18-10-4-3-5-11-18/h6-9,12-14,18H,3-5,10-11,15H2,1-2H3. The molecule has 1 fully saturated rings. The van der Waals surface area contributed by atoms with Crippen molar-refractivity contribution in [2.75, 3.05) is 7.05 Å². The summed E-state index contributed by atoms with van der Waals surface area (Å²) in [5, 5.41) is 0.840. The minimum atomic E-state index is -3.47. The van der Waals surface area contributed by atoms with E-state index < -0.39 is 10.0 Å². The van der Waals surface area contributed by atoms with Gasteiger partial charge < -0.3 is 0 Å². The van der Waals surface area contributed by atoms with Crippen LogP contribution in [0.25, 0.3) is 0 Å². The number of thioether (sulfide) groups is 1. The Morgan fingerprint density at radius 1 is 1.12 bits per heavy atom. The zero-order chi connectivity index (χ0) is 18.6. The molecule has 0 aliphatic heterocycles. The molecule has 0 unspecified atom stereocenters. The first-order valence-corrected chi connectivity index (χ1v) is 11.5. The van der Waals surface area contributed by atoms with E-state index in [1.165, 1.54) is 23.7 Å². The number of benzene rings is 1. The third-order valence-corrected chi connectivity index (χ3v) is 8.00. The van der Waals surface area contributed by atoms with E-state index in [0.29, 0.717) is 0 Å². The van der Waals surface area contributed by atoms with Crippen molar-refractivity contribution in [3.63, 3.8) is 0 Å². The Morgan fingerprint density at radius 2 is 1.85 bits per heavy atom. The molecule has 0 bridgehead atoms.